The van der Waals surface area contributed by atoms with E-state index in [0.29, 0.717) is 0 Å². The lowest BCUT2D eigenvalue weighted by Crippen LogP contribution is -2.21. The second-order valence-corrected chi connectivity index (χ2v) is 3.78. The number of imidazole rings is 1. The maximum absolute atomic E-state index is 11.5. The standard InChI is InChI=1S/C9H13N5O3/c1-5(2-15)3-17-14-4-11-6-7(14)12-9(10)13-8(6)16/h4-5,15H,2-3H2,1H3,(H3,10,12,13,16). The van der Waals surface area contributed by atoms with E-state index in [4.69, 9.17) is 15.7 Å². The van der Waals surface area contributed by atoms with Gasteiger partial charge in [0.2, 0.25) is 11.6 Å². The highest BCUT2D eigenvalue weighted by Crippen LogP contribution is 2.05. The molecule has 17 heavy (non-hydrogen) atoms. The third-order valence-corrected chi connectivity index (χ3v) is 2.21. The molecule has 2 rings (SSSR count). The number of aromatic amines is 1. The molecule has 1 atom stereocenters. The van der Waals surface area contributed by atoms with Crippen LogP contribution in [0.1, 0.15) is 6.92 Å². The van der Waals surface area contributed by atoms with Gasteiger partial charge < -0.3 is 15.7 Å². The van der Waals surface area contributed by atoms with Gasteiger partial charge in [0.05, 0.1) is 0 Å². The Morgan fingerprint density at radius 2 is 2.47 bits per heavy atom. The van der Waals surface area contributed by atoms with E-state index in [1.807, 2.05) is 6.92 Å². The van der Waals surface area contributed by atoms with Gasteiger partial charge in [-0.3, -0.25) is 9.78 Å². The molecule has 0 fully saturated rings. The van der Waals surface area contributed by atoms with Gasteiger partial charge in [0, 0.05) is 12.5 Å². The van der Waals surface area contributed by atoms with Gasteiger partial charge in [0.15, 0.2) is 5.52 Å². The Labute approximate surface area is 96.0 Å². The van der Waals surface area contributed by atoms with Gasteiger partial charge in [-0.1, -0.05) is 6.92 Å². The Kier molecular flexibility index (Phi) is 2.96. The summed E-state index contributed by atoms with van der Waals surface area (Å²) in [6.45, 7) is 2.13. The molecule has 0 saturated heterocycles. The Morgan fingerprint density at radius 1 is 1.71 bits per heavy atom. The van der Waals surface area contributed by atoms with E-state index in [9.17, 15) is 4.79 Å². The van der Waals surface area contributed by atoms with Crippen LogP contribution in [0.5, 0.6) is 0 Å². The highest BCUT2D eigenvalue weighted by atomic mass is 16.7. The molecule has 0 saturated carbocycles. The van der Waals surface area contributed by atoms with Crippen molar-refractivity contribution in [1.82, 2.24) is 19.7 Å². The van der Waals surface area contributed by atoms with Crippen LogP contribution in [-0.2, 0) is 0 Å². The van der Waals surface area contributed by atoms with Gasteiger partial charge in [0.25, 0.3) is 5.56 Å². The molecule has 8 heteroatoms. The quantitative estimate of drug-likeness (QED) is 0.614. The van der Waals surface area contributed by atoms with Crippen LogP contribution in [0.15, 0.2) is 11.1 Å². The number of nitrogens with two attached hydrogens (primary N) is 1. The van der Waals surface area contributed by atoms with E-state index in [1.54, 1.807) is 0 Å². The summed E-state index contributed by atoms with van der Waals surface area (Å²) >= 11 is 0. The lowest BCUT2D eigenvalue weighted by molar-refractivity contribution is 0.0700. The fourth-order valence-electron chi connectivity index (χ4n) is 1.26. The first-order valence-electron chi connectivity index (χ1n) is 5.08. The van der Waals surface area contributed by atoms with E-state index >= 15 is 0 Å². The first-order chi connectivity index (χ1) is 8.11. The molecular formula is C9H13N5O3. The Balaban J connectivity index is 2.33. The van der Waals surface area contributed by atoms with Gasteiger partial charge in [-0.2, -0.15) is 9.71 Å². The summed E-state index contributed by atoms with van der Waals surface area (Å²) in [5.41, 5.74) is 5.44. The number of hydrogen-bond donors (Lipinski definition) is 3. The number of fused-ring (bicyclic) bond motifs is 1. The van der Waals surface area contributed by atoms with E-state index in [2.05, 4.69) is 15.0 Å². The smallest absolute Gasteiger partial charge is 0.280 e. The highest BCUT2D eigenvalue weighted by Gasteiger charge is 2.10. The Morgan fingerprint density at radius 3 is 3.18 bits per heavy atom. The third kappa shape index (κ3) is 2.21. The number of rotatable bonds is 4. The molecule has 1 unspecified atom stereocenters. The van der Waals surface area contributed by atoms with Crippen LogP contribution in [0.4, 0.5) is 5.95 Å². The summed E-state index contributed by atoms with van der Waals surface area (Å²) in [6, 6.07) is 0. The number of hydrogen-bond acceptors (Lipinski definition) is 6. The molecule has 92 valence electrons. The lowest BCUT2D eigenvalue weighted by atomic mass is 10.2. The van der Waals surface area contributed by atoms with Crippen molar-refractivity contribution < 1.29 is 9.94 Å². The average Bonchev–Trinajstić information content (AvgIpc) is 2.69. The third-order valence-electron chi connectivity index (χ3n) is 2.21. The van der Waals surface area contributed by atoms with Crippen LogP contribution >= 0.6 is 0 Å². The number of nitrogen functional groups attached to an aromatic ring is 1. The zero-order valence-corrected chi connectivity index (χ0v) is 9.25. The van der Waals surface area contributed by atoms with Crippen molar-refractivity contribution in [2.24, 2.45) is 5.92 Å². The summed E-state index contributed by atoms with van der Waals surface area (Å²) in [5, 5.41) is 8.87. The average molecular weight is 239 g/mol. The minimum atomic E-state index is -0.412. The zero-order valence-electron chi connectivity index (χ0n) is 9.25. The van der Waals surface area contributed by atoms with Gasteiger partial charge in [-0.05, 0) is 0 Å². The maximum Gasteiger partial charge on any atom is 0.280 e. The molecule has 2 aromatic heterocycles. The number of aromatic nitrogens is 4. The van der Waals surface area contributed by atoms with Crippen molar-refractivity contribution in [3.8, 4) is 0 Å². The lowest BCUT2D eigenvalue weighted by Gasteiger charge is -2.10. The molecule has 0 bridgehead atoms. The molecule has 0 aromatic carbocycles. The molecule has 4 N–H and O–H groups in total. The van der Waals surface area contributed by atoms with Crippen molar-refractivity contribution in [2.75, 3.05) is 18.9 Å². The molecule has 0 aliphatic heterocycles. The summed E-state index contributed by atoms with van der Waals surface area (Å²) in [7, 11) is 0. The molecular weight excluding hydrogens is 226 g/mol. The van der Waals surface area contributed by atoms with Crippen LogP contribution in [0.3, 0.4) is 0 Å². The normalized spacial score (nSPS) is 12.8. The molecule has 0 aliphatic carbocycles. The first-order valence-corrected chi connectivity index (χ1v) is 5.08. The van der Waals surface area contributed by atoms with Crippen molar-refractivity contribution in [1.29, 1.82) is 0 Å². The molecule has 8 nitrogen and oxygen atoms in total. The number of anilines is 1. The van der Waals surface area contributed by atoms with Gasteiger partial charge >= 0.3 is 0 Å². The van der Waals surface area contributed by atoms with Crippen LogP contribution in [0.25, 0.3) is 11.2 Å². The summed E-state index contributed by atoms with van der Waals surface area (Å²) in [5.74, 6) is -0.0187. The van der Waals surface area contributed by atoms with Crippen LogP contribution in [0.2, 0.25) is 0 Å². The minimum absolute atomic E-state index is 0.00283. The van der Waals surface area contributed by atoms with E-state index < -0.39 is 5.56 Å². The Bertz CT molecular complexity index is 576. The maximum atomic E-state index is 11.5. The first kappa shape index (κ1) is 11.4. The molecule has 0 amide bonds. The number of nitrogens with zero attached hydrogens (tertiary/aromatic N) is 3. The van der Waals surface area contributed by atoms with Gasteiger partial charge in [0.1, 0.15) is 12.9 Å². The van der Waals surface area contributed by atoms with Gasteiger partial charge in [-0.25, -0.2) is 4.98 Å². The second-order valence-electron chi connectivity index (χ2n) is 3.78. The molecule has 2 heterocycles. The van der Waals surface area contributed by atoms with E-state index in [0.717, 1.165) is 0 Å². The highest BCUT2D eigenvalue weighted by molar-refractivity contribution is 5.69. The Hall–Kier alpha value is -2.09. The summed E-state index contributed by atoms with van der Waals surface area (Å²) < 4.78 is 1.27. The molecule has 0 radical (unpaired) electrons. The second kappa shape index (κ2) is 4.42. The fraction of sp³-hybridized carbons (Fsp3) is 0.444. The van der Waals surface area contributed by atoms with E-state index in [1.165, 1.54) is 11.1 Å². The fourth-order valence-corrected chi connectivity index (χ4v) is 1.26. The zero-order chi connectivity index (χ0) is 12.4. The molecule has 2 aromatic rings. The van der Waals surface area contributed by atoms with Crippen molar-refractivity contribution >= 4 is 17.1 Å². The number of aliphatic hydroxyl groups excluding tert-OH is 1. The van der Waals surface area contributed by atoms with Crippen molar-refractivity contribution in [3.05, 3.63) is 16.7 Å². The topological polar surface area (TPSA) is 119 Å². The predicted octanol–water partition coefficient (Wildman–Crippen LogP) is -1.24. The van der Waals surface area contributed by atoms with Crippen LogP contribution in [-0.4, -0.2) is 38.0 Å². The molecule has 0 aliphatic rings. The number of aliphatic hydroxyl groups is 1. The summed E-state index contributed by atoms with van der Waals surface area (Å²) in [6.07, 6.45) is 1.34. The number of nitrogens with one attached hydrogen (secondary N) is 1. The van der Waals surface area contributed by atoms with Gasteiger partial charge in [-0.15, -0.1) is 0 Å². The SMILES string of the molecule is CC(CO)COn1cnc2c(=O)[nH]c(N)nc21. The largest absolute Gasteiger partial charge is 0.410 e. The predicted molar refractivity (Wildman–Crippen MR) is 60.3 cm³/mol. The van der Waals surface area contributed by atoms with Crippen molar-refractivity contribution in [3.63, 3.8) is 0 Å². The van der Waals surface area contributed by atoms with Crippen LogP contribution in [0, 0.1) is 5.92 Å². The van der Waals surface area contributed by atoms with E-state index in [-0.39, 0.29) is 36.2 Å². The van der Waals surface area contributed by atoms with Crippen molar-refractivity contribution in [2.45, 2.75) is 6.92 Å². The molecule has 0 spiro atoms. The number of H-pyrrole nitrogens is 1. The summed E-state index contributed by atoms with van der Waals surface area (Å²) in [4.78, 5) is 27.0. The van der Waals surface area contributed by atoms with Crippen LogP contribution < -0.4 is 16.1 Å². The monoisotopic (exact) mass is 239 g/mol. The minimum Gasteiger partial charge on any atom is -0.410 e.